The fourth-order valence-corrected chi connectivity index (χ4v) is 3.88. The molecule has 4 rings (SSSR count). The van der Waals surface area contributed by atoms with Crippen LogP contribution in [-0.4, -0.2) is 29.9 Å². The quantitative estimate of drug-likeness (QED) is 0.382. The van der Waals surface area contributed by atoms with Crippen LogP contribution in [0.4, 0.5) is 4.39 Å². The van der Waals surface area contributed by atoms with Crippen LogP contribution in [0.15, 0.2) is 52.4 Å². The van der Waals surface area contributed by atoms with E-state index in [1.807, 2.05) is 19.1 Å². The second-order valence-corrected chi connectivity index (χ2v) is 8.18. The summed E-state index contributed by atoms with van der Waals surface area (Å²) in [5.41, 5.74) is 2.12. The van der Waals surface area contributed by atoms with Gasteiger partial charge in [0.25, 0.3) is 0 Å². The molecule has 0 amide bonds. The Kier molecular flexibility index (Phi) is 5.89. The summed E-state index contributed by atoms with van der Waals surface area (Å²) in [4.78, 5) is 8.52. The summed E-state index contributed by atoms with van der Waals surface area (Å²) >= 11 is 1.50. The van der Waals surface area contributed by atoms with Crippen LogP contribution in [0.3, 0.4) is 0 Å². The molecule has 0 aliphatic carbocycles. The van der Waals surface area contributed by atoms with E-state index in [1.165, 1.54) is 17.8 Å². The molecule has 0 bridgehead atoms. The fourth-order valence-electron chi connectivity index (χ4n) is 2.97. The first-order valence-corrected chi connectivity index (χ1v) is 10.5. The Labute approximate surface area is 177 Å². The van der Waals surface area contributed by atoms with Crippen LogP contribution in [-0.2, 0) is 6.54 Å². The summed E-state index contributed by atoms with van der Waals surface area (Å²) < 4.78 is 21.4. The molecule has 7 nitrogen and oxygen atoms in total. The van der Waals surface area contributed by atoms with Gasteiger partial charge in [-0.15, -0.1) is 10.2 Å². The van der Waals surface area contributed by atoms with Crippen LogP contribution in [0.1, 0.15) is 37.0 Å². The van der Waals surface area contributed by atoms with E-state index in [2.05, 4.69) is 36.8 Å². The van der Waals surface area contributed by atoms with Gasteiger partial charge in [-0.05, 0) is 44.0 Å². The van der Waals surface area contributed by atoms with Gasteiger partial charge in [0.05, 0.1) is 5.25 Å². The molecular weight excluding hydrogens is 403 g/mol. The monoisotopic (exact) mass is 424 g/mol. The standard InChI is InChI=1S/C21H21FN6OS/c1-4-11-28-19(15-7-9-23-10-8-15)25-26-21(28)30-14(3)20-24-18(27-29-20)16-6-5-13(2)17(22)12-16/h5-10,12,14H,4,11H2,1-3H3. The lowest BCUT2D eigenvalue weighted by Crippen LogP contribution is -2.03. The smallest absolute Gasteiger partial charge is 0.240 e. The molecule has 154 valence electrons. The van der Waals surface area contributed by atoms with E-state index in [1.54, 1.807) is 31.5 Å². The number of aryl methyl sites for hydroxylation is 1. The first-order chi connectivity index (χ1) is 14.6. The number of hydrogen-bond donors (Lipinski definition) is 0. The van der Waals surface area contributed by atoms with E-state index in [0.29, 0.717) is 22.8 Å². The molecule has 0 spiro atoms. The number of halogens is 1. The van der Waals surface area contributed by atoms with Gasteiger partial charge in [0.1, 0.15) is 5.82 Å². The molecule has 1 unspecified atom stereocenters. The SMILES string of the molecule is CCCn1c(SC(C)c2nc(-c3ccc(C)c(F)c3)no2)nnc1-c1ccncc1. The van der Waals surface area contributed by atoms with Crippen LogP contribution >= 0.6 is 11.8 Å². The number of nitrogens with zero attached hydrogens (tertiary/aromatic N) is 6. The second-order valence-electron chi connectivity index (χ2n) is 6.87. The lowest BCUT2D eigenvalue weighted by molar-refractivity contribution is 0.380. The Morgan fingerprint density at radius 1 is 1.13 bits per heavy atom. The summed E-state index contributed by atoms with van der Waals surface area (Å²) in [6.45, 7) is 6.58. The normalized spacial score (nSPS) is 12.3. The predicted molar refractivity (Wildman–Crippen MR) is 112 cm³/mol. The average Bonchev–Trinajstić information content (AvgIpc) is 3.39. The summed E-state index contributed by atoms with van der Waals surface area (Å²) in [5, 5.41) is 13.4. The van der Waals surface area contributed by atoms with Crippen molar-refractivity contribution in [1.82, 2.24) is 29.9 Å². The number of hydrogen-bond acceptors (Lipinski definition) is 7. The van der Waals surface area contributed by atoms with Crippen molar-refractivity contribution in [1.29, 1.82) is 0 Å². The molecule has 0 aliphatic heterocycles. The van der Waals surface area contributed by atoms with E-state index in [-0.39, 0.29) is 11.1 Å². The van der Waals surface area contributed by atoms with Crippen LogP contribution < -0.4 is 0 Å². The van der Waals surface area contributed by atoms with E-state index < -0.39 is 0 Å². The third kappa shape index (κ3) is 4.11. The van der Waals surface area contributed by atoms with Crippen molar-refractivity contribution in [2.24, 2.45) is 0 Å². The lowest BCUT2D eigenvalue weighted by Gasteiger charge is -2.10. The van der Waals surface area contributed by atoms with Crippen molar-refractivity contribution in [3.05, 3.63) is 60.0 Å². The number of pyridine rings is 1. The van der Waals surface area contributed by atoms with E-state index in [9.17, 15) is 4.39 Å². The minimum Gasteiger partial charge on any atom is -0.338 e. The molecule has 9 heteroatoms. The molecule has 0 radical (unpaired) electrons. The van der Waals surface area contributed by atoms with E-state index in [0.717, 1.165) is 29.5 Å². The maximum atomic E-state index is 13.9. The van der Waals surface area contributed by atoms with Gasteiger partial charge in [0, 0.05) is 30.1 Å². The van der Waals surface area contributed by atoms with Gasteiger partial charge in [0.15, 0.2) is 11.0 Å². The summed E-state index contributed by atoms with van der Waals surface area (Å²) in [6, 6.07) is 8.73. The lowest BCUT2D eigenvalue weighted by atomic mass is 10.1. The zero-order valence-electron chi connectivity index (χ0n) is 16.9. The Morgan fingerprint density at radius 2 is 1.93 bits per heavy atom. The summed E-state index contributed by atoms with van der Waals surface area (Å²) in [7, 11) is 0. The molecule has 0 saturated heterocycles. The van der Waals surface area contributed by atoms with Gasteiger partial charge < -0.3 is 9.09 Å². The minimum atomic E-state index is -0.294. The summed E-state index contributed by atoms with van der Waals surface area (Å²) in [6.07, 6.45) is 4.43. The third-order valence-corrected chi connectivity index (χ3v) is 5.67. The Balaban J connectivity index is 1.57. The van der Waals surface area contributed by atoms with Crippen LogP contribution in [0.5, 0.6) is 0 Å². The molecule has 0 aliphatic rings. The Hall–Kier alpha value is -3.07. The highest BCUT2D eigenvalue weighted by molar-refractivity contribution is 7.99. The van der Waals surface area contributed by atoms with Gasteiger partial charge in [0.2, 0.25) is 11.7 Å². The van der Waals surface area contributed by atoms with Crippen LogP contribution in [0.2, 0.25) is 0 Å². The molecule has 3 aromatic heterocycles. The maximum Gasteiger partial charge on any atom is 0.240 e. The molecule has 30 heavy (non-hydrogen) atoms. The second kappa shape index (κ2) is 8.74. The number of benzene rings is 1. The third-order valence-electron chi connectivity index (χ3n) is 4.60. The van der Waals surface area contributed by atoms with Gasteiger partial charge >= 0.3 is 0 Å². The van der Waals surface area contributed by atoms with Crippen molar-refractivity contribution < 1.29 is 8.91 Å². The van der Waals surface area contributed by atoms with Crippen LogP contribution in [0.25, 0.3) is 22.8 Å². The number of rotatable bonds is 7. The molecular formula is C21H21FN6OS. The highest BCUT2D eigenvalue weighted by Gasteiger charge is 2.21. The first kappa shape index (κ1) is 20.2. The zero-order chi connectivity index (χ0) is 21.1. The minimum absolute atomic E-state index is 0.147. The first-order valence-electron chi connectivity index (χ1n) is 9.67. The topological polar surface area (TPSA) is 82.5 Å². The Morgan fingerprint density at radius 3 is 2.67 bits per heavy atom. The molecule has 0 fully saturated rings. The van der Waals surface area contributed by atoms with Gasteiger partial charge in [-0.25, -0.2) is 4.39 Å². The van der Waals surface area contributed by atoms with Crippen molar-refractivity contribution >= 4 is 11.8 Å². The molecule has 1 atom stereocenters. The fraction of sp³-hybridized carbons (Fsp3) is 0.286. The molecule has 4 aromatic rings. The van der Waals surface area contributed by atoms with Crippen molar-refractivity contribution in [2.45, 2.75) is 44.1 Å². The molecule has 0 saturated carbocycles. The predicted octanol–water partition coefficient (Wildman–Crippen LogP) is 5.10. The van der Waals surface area contributed by atoms with E-state index >= 15 is 0 Å². The van der Waals surface area contributed by atoms with Crippen LogP contribution in [0, 0.1) is 12.7 Å². The van der Waals surface area contributed by atoms with Gasteiger partial charge in [-0.3, -0.25) is 4.98 Å². The summed E-state index contributed by atoms with van der Waals surface area (Å²) in [5.74, 6) is 1.32. The van der Waals surface area contributed by atoms with Crippen molar-refractivity contribution in [3.63, 3.8) is 0 Å². The molecule has 1 aromatic carbocycles. The highest BCUT2D eigenvalue weighted by Crippen LogP contribution is 2.35. The largest absolute Gasteiger partial charge is 0.338 e. The zero-order valence-corrected chi connectivity index (χ0v) is 17.7. The van der Waals surface area contributed by atoms with Gasteiger partial charge in [-0.1, -0.05) is 36.0 Å². The average molecular weight is 425 g/mol. The maximum absolute atomic E-state index is 13.9. The van der Waals surface area contributed by atoms with Gasteiger partial charge in [-0.2, -0.15) is 4.98 Å². The molecule has 0 N–H and O–H groups in total. The Bertz CT molecular complexity index is 1140. The van der Waals surface area contributed by atoms with Crippen molar-refractivity contribution in [3.8, 4) is 22.8 Å². The number of aromatic nitrogens is 6. The number of thioether (sulfide) groups is 1. The van der Waals surface area contributed by atoms with Crippen molar-refractivity contribution in [2.75, 3.05) is 0 Å². The van der Waals surface area contributed by atoms with E-state index in [4.69, 9.17) is 4.52 Å². The highest BCUT2D eigenvalue weighted by atomic mass is 32.2. The molecule has 3 heterocycles.